The van der Waals surface area contributed by atoms with Gasteiger partial charge in [-0.3, -0.25) is 9.36 Å². The zero-order valence-electron chi connectivity index (χ0n) is 20.9. The van der Waals surface area contributed by atoms with E-state index in [0.29, 0.717) is 29.9 Å². The number of aromatic nitrogens is 5. The van der Waals surface area contributed by atoms with Crippen molar-refractivity contribution in [3.05, 3.63) is 99.9 Å². The standard InChI is InChI=1S/C28H31N5O3/c1-28(2,3)24-22(16-20-10-6-4-7-11-20)33-26(35)23-25(31(18-29-23)19-36-15-14-34)30-27(33)32(24)17-21-12-8-5-9-13-21/h4-13,18,34H,14-17,19H2,1-3H3. The van der Waals surface area contributed by atoms with Crippen LogP contribution in [0.3, 0.4) is 0 Å². The van der Waals surface area contributed by atoms with Gasteiger partial charge in [-0.15, -0.1) is 0 Å². The molecule has 0 radical (unpaired) electrons. The monoisotopic (exact) mass is 485 g/mol. The van der Waals surface area contributed by atoms with Gasteiger partial charge in [-0.25, -0.2) is 9.38 Å². The third-order valence-electron chi connectivity index (χ3n) is 6.25. The first kappa shape index (κ1) is 24.0. The van der Waals surface area contributed by atoms with Gasteiger partial charge >= 0.3 is 0 Å². The van der Waals surface area contributed by atoms with E-state index in [1.807, 2.05) is 36.4 Å². The van der Waals surface area contributed by atoms with Gasteiger partial charge in [0.1, 0.15) is 6.73 Å². The normalized spacial score (nSPS) is 12.1. The van der Waals surface area contributed by atoms with Crippen LogP contribution in [0.4, 0.5) is 0 Å². The van der Waals surface area contributed by atoms with E-state index in [4.69, 9.17) is 14.8 Å². The number of hydrogen-bond donors (Lipinski definition) is 1. The van der Waals surface area contributed by atoms with Crippen LogP contribution in [0.15, 0.2) is 71.8 Å². The fourth-order valence-corrected chi connectivity index (χ4v) is 4.80. The number of ether oxygens (including phenoxy) is 1. The van der Waals surface area contributed by atoms with Crippen molar-refractivity contribution < 1.29 is 9.84 Å². The van der Waals surface area contributed by atoms with Crippen molar-refractivity contribution in [1.82, 2.24) is 23.5 Å². The maximum absolute atomic E-state index is 13.9. The highest BCUT2D eigenvalue weighted by Crippen LogP contribution is 2.31. The Balaban J connectivity index is 1.81. The minimum atomic E-state index is -0.253. The van der Waals surface area contributed by atoms with Crippen LogP contribution in [0.5, 0.6) is 0 Å². The molecule has 0 unspecified atom stereocenters. The van der Waals surface area contributed by atoms with Crippen LogP contribution >= 0.6 is 0 Å². The zero-order valence-corrected chi connectivity index (χ0v) is 20.9. The summed E-state index contributed by atoms with van der Waals surface area (Å²) in [6, 6.07) is 20.4. The number of benzene rings is 2. The Morgan fingerprint density at radius 1 is 0.972 bits per heavy atom. The summed E-state index contributed by atoms with van der Waals surface area (Å²) < 4.78 is 11.1. The molecule has 0 saturated carbocycles. The molecule has 0 aliphatic heterocycles. The van der Waals surface area contributed by atoms with Crippen molar-refractivity contribution in [2.75, 3.05) is 13.2 Å². The van der Waals surface area contributed by atoms with E-state index in [0.717, 1.165) is 22.5 Å². The lowest BCUT2D eigenvalue weighted by Crippen LogP contribution is -2.21. The smallest absolute Gasteiger partial charge is 0.287 e. The lowest BCUT2D eigenvalue weighted by atomic mass is 9.88. The van der Waals surface area contributed by atoms with E-state index in [1.54, 1.807) is 15.3 Å². The van der Waals surface area contributed by atoms with Crippen LogP contribution in [0.2, 0.25) is 0 Å². The average molecular weight is 486 g/mol. The second-order valence-corrected chi connectivity index (χ2v) is 9.98. The molecular formula is C28H31N5O3. The molecule has 0 bridgehead atoms. The molecule has 0 aliphatic carbocycles. The van der Waals surface area contributed by atoms with Crippen LogP contribution in [-0.4, -0.2) is 41.8 Å². The predicted octanol–water partition coefficient (Wildman–Crippen LogP) is 3.75. The van der Waals surface area contributed by atoms with Crippen LogP contribution in [0.25, 0.3) is 16.9 Å². The average Bonchev–Trinajstić information content (AvgIpc) is 3.40. The number of nitrogens with zero attached hydrogens (tertiary/aromatic N) is 5. The Bertz CT molecular complexity index is 1540. The number of fused-ring (bicyclic) bond motifs is 2. The molecule has 1 N–H and O–H groups in total. The summed E-state index contributed by atoms with van der Waals surface area (Å²) in [6.07, 6.45) is 2.16. The van der Waals surface area contributed by atoms with Gasteiger partial charge in [0.25, 0.3) is 5.56 Å². The first-order valence-electron chi connectivity index (χ1n) is 12.1. The van der Waals surface area contributed by atoms with Crippen molar-refractivity contribution in [2.24, 2.45) is 0 Å². The van der Waals surface area contributed by atoms with Gasteiger partial charge in [0.05, 0.1) is 31.8 Å². The fourth-order valence-electron chi connectivity index (χ4n) is 4.80. The van der Waals surface area contributed by atoms with E-state index in [1.165, 1.54) is 0 Å². The molecule has 0 aliphatic rings. The molecule has 5 rings (SSSR count). The summed E-state index contributed by atoms with van der Waals surface area (Å²) in [5, 5.41) is 9.08. The van der Waals surface area contributed by atoms with Crippen molar-refractivity contribution in [3.63, 3.8) is 0 Å². The molecule has 0 saturated heterocycles. The third kappa shape index (κ3) is 4.45. The van der Waals surface area contributed by atoms with Crippen molar-refractivity contribution in [2.45, 2.75) is 45.9 Å². The highest BCUT2D eigenvalue weighted by atomic mass is 16.5. The first-order chi connectivity index (χ1) is 17.4. The van der Waals surface area contributed by atoms with Gasteiger partial charge in [-0.2, -0.15) is 4.98 Å². The van der Waals surface area contributed by atoms with E-state index in [-0.39, 0.29) is 30.9 Å². The van der Waals surface area contributed by atoms with Gasteiger partial charge < -0.3 is 14.4 Å². The summed E-state index contributed by atoms with van der Waals surface area (Å²) in [6.45, 7) is 7.36. The second kappa shape index (κ2) is 9.72. The third-order valence-corrected chi connectivity index (χ3v) is 6.25. The van der Waals surface area contributed by atoms with Gasteiger partial charge in [0.2, 0.25) is 5.78 Å². The molecule has 0 amide bonds. The number of rotatable bonds is 8. The van der Waals surface area contributed by atoms with Gasteiger partial charge in [0, 0.05) is 17.5 Å². The van der Waals surface area contributed by atoms with Gasteiger partial charge in [-0.1, -0.05) is 81.4 Å². The summed E-state index contributed by atoms with van der Waals surface area (Å²) in [4.78, 5) is 23.3. The van der Waals surface area contributed by atoms with E-state index >= 15 is 0 Å². The van der Waals surface area contributed by atoms with E-state index < -0.39 is 0 Å². The minimum absolute atomic E-state index is 0.0787. The summed E-state index contributed by atoms with van der Waals surface area (Å²) >= 11 is 0. The first-order valence-corrected chi connectivity index (χ1v) is 12.1. The summed E-state index contributed by atoms with van der Waals surface area (Å²) in [5.74, 6) is 0.580. The molecule has 3 heterocycles. The largest absolute Gasteiger partial charge is 0.394 e. The lowest BCUT2D eigenvalue weighted by molar-refractivity contribution is 0.0499. The SMILES string of the molecule is CC(C)(C)c1c(Cc2ccccc2)n2c(=O)c3ncn(COCCO)c3nc2n1Cc1ccccc1. The molecule has 0 atom stereocenters. The molecule has 5 aromatic rings. The maximum atomic E-state index is 13.9. The Labute approximate surface area is 209 Å². The second-order valence-electron chi connectivity index (χ2n) is 9.98. The van der Waals surface area contributed by atoms with Crippen molar-refractivity contribution in [3.8, 4) is 0 Å². The lowest BCUT2D eigenvalue weighted by Gasteiger charge is -2.23. The van der Waals surface area contributed by atoms with Crippen LogP contribution in [0, 0.1) is 0 Å². The summed E-state index contributed by atoms with van der Waals surface area (Å²) in [5.41, 5.74) is 4.55. The Hall–Kier alpha value is -3.75. The topological polar surface area (TPSA) is 86.6 Å². The molecule has 0 fully saturated rings. The highest BCUT2D eigenvalue weighted by molar-refractivity contribution is 5.72. The molecule has 36 heavy (non-hydrogen) atoms. The Kier molecular flexibility index (Phi) is 6.47. The van der Waals surface area contributed by atoms with Gasteiger partial charge in [-0.05, 0) is 11.1 Å². The molecule has 2 aromatic carbocycles. The maximum Gasteiger partial charge on any atom is 0.287 e. The van der Waals surface area contributed by atoms with Gasteiger partial charge in [0.15, 0.2) is 11.2 Å². The highest BCUT2D eigenvalue weighted by Gasteiger charge is 2.30. The quantitative estimate of drug-likeness (QED) is 0.338. The van der Waals surface area contributed by atoms with E-state index in [2.05, 4.69) is 54.6 Å². The molecular weight excluding hydrogens is 454 g/mol. The predicted molar refractivity (Wildman–Crippen MR) is 139 cm³/mol. The molecule has 186 valence electrons. The molecule has 3 aromatic heterocycles. The van der Waals surface area contributed by atoms with Crippen LogP contribution in [0.1, 0.15) is 43.3 Å². The zero-order chi connectivity index (χ0) is 25.3. The Morgan fingerprint density at radius 2 is 1.64 bits per heavy atom. The number of imidazole rings is 2. The fraction of sp³-hybridized carbons (Fsp3) is 0.321. The molecule has 8 heteroatoms. The van der Waals surface area contributed by atoms with Crippen LogP contribution in [-0.2, 0) is 29.8 Å². The summed E-state index contributed by atoms with van der Waals surface area (Å²) in [7, 11) is 0. The van der Waals surface area contributed by atoms with Crippen molar-refractivity contribution in [1.29, 1.82) is 0 Å². The molecule has 0 spiro atoms. The number of aliphatic hydroxyl groups is 1. The molecule has 8 nitrogen and oxygen atoms in total. The van der Waals surface area contributed by atoms with E-state index in [9.17, 15) is 4.79 Å². The number of aliphatic hydroxyl groups excluding tert-OH is 1. The Morgan fingerprint density at radius 3 is 2.28 bits per heavy atom. The number of hydrogen-bond acceptors (Lipinski definition) is 5. The van der Waals surface area contributed by atoms with Crippen molar-refractivity contribution >= 4 is 16.9 Å². The minimum Gasteiger partial charge on any atom is -0.394 e. The van der Waals surface area contributed by atoms with Crippen LogP contribution < -0.4 is 5.56 Å².